The van der Waals surface area contributed by atoms with Crippen LogP contribution in [0.3, 0.4) is 0 Å². The van der Waals surface area contributed by atoms with Gasteiger partial charge in [0.2, 0.25) is 15.9 Å². The van der Waals surface area contributed by atoms with Gasteiger partial charge in [-0.15, -0.1) is 0 Å². The number of aromatic nitrogens is 2. The first-order valence-corrected chi connectivity index (χ1v) is 10.3. The minimum Gasteiger partial charge on any atom is -0.478 e. The molecule has 0 saturated carbocycles. The first-order valence-electron chi connectivity index (χ1n) is 8.73. The maximum atomic E-state index is 12.7. The van der Waals surface area contributed by atoms with Crippen LogP contribution in [-0.2, 0) is 15.8 Å². The van der Waals surface area contributed by atoms with Gasteiger partial charge in [-0.3, -0.25) is 0 Å². The second-order valence-corrected chi connectivity index (χ2v) is 8.14. The molecule has 0 bridgehead atoms. The summed E-state index contributed by atoms with van der Waals surface area (Å²) in [5.74, 6) is 2.01. The third-order valence-corrected chi connectivity index (χ3v) is 6.09. The molecule has 1 aliphatic heterocycles. The van der Waals surface area contributed by atoms with Gasteiger partial charge in [0.15, 0.2) is 0 Å². The van der Waals surface area contributed by atoms with Crippen LogP contribution in [0.25, 0.3) is 0 Å². The van der Waals surface area contributed by atoms with E-state index in [-0.39, 0.29) is 5.75 Å². The summed E-state index contributed by atoms with van der Waals surface area (Å²) >= 11 is 0. The molecular formula is C18H24N4O3S. The van der Waals surface area contributed by atoms with Crippen LogP contribution in [0, 0.1) is 6.92 Å². The molecule has 0 amide bonds. The summed E-state index contributed by atoms with van der Waals surface area (Å²) in [6.07, 6.45) is 0. The highest BCUT2D eigenvalue weighted by Crippen LogP contribution is 2.21. The minimum absolute atomic E-state index is 0.0367. The second-order valence-electron chi connectivity index (χ2n) is 6.17. The average molecular weight is 376 g/mol. The molecule has 2 aromatic rings. The van der Waals surface area contributed by atoms with Gasteiger partial charge in [0, 0.05) is 32.2 Å². The van der Waals surface area contributed by atoms with E-state index in [1.807, 2.05) is 50.2 Å². The Labute approximate surface area is 154 Å². The van der Waals surface area contributed by atoms with Crippen LogP contribution in [0.4, 0.5) is 5.82 Å². The smallest absolute Gasteiger partial charge is 0.218 e. The molecule has 3 rings (SSSR count). The zero-order valence-electron chi connectivity index (χ0n) is 15.1. The maximum absolute atomic E-state index is 12.7. The van der Waals surface area contributed by atoms with Crippen molar-refractivity contribution in [2.75, 3.05) is 37.7 Å². The van der Waals surface area contributed by atoms with E-state index in [4.69, 9.17) is 4.74 Å². The van der Waals surface area contributed by atoms with E-state index >= 15 is 0 Å². The number of ether oxygens (including phenoxy) is 1. The number of nitrogens with zero attached hydrogens (tertiary/aromatic N) is 4. The molecule has 0 atom stereocenters. The summed E-state index contributed by atoms with van der Waals surface area (Å²) < 4.78 is 32.3. The number of benzene rings is 1. The molecule has 1 aliphatic rings. The van der Waals surface area contributed by atoms with Crippen molar-refractivity contribution in [2.24, 2.45) is 0 Å². The van der Waals surface area contributed by atoms with Gasteiger partial charge in [-0.2, -0.15) is 9.29 Å². The van der Waals surface area contributed by atoms with Crippen LogP contribution in [0.1, 0.15) is 18.3 Å². The van der Waals surface area contributed by atoms with Crippen molar-refractivity contribution in [1.82, 2.24) is 14.3 Å². The van der Waals surface area contributed by atoms with Gasteiger partial charge in [0.1, 0.15) is 11.6 Å². The van der Waals surface area contributed by atoms with Crippen LogP contribution in [0.15, 0.2) is 36.4 Å². The Morgan fingerprint density at radius 3 is 2.42 bits per heavy atom. The molecular weight excluding hydrogens is 352 g/mol. The third kappa shape index (κ3) is 4.50. The van der Waals surface area contributed by atoms with Crippen LogP contribution < -0.4 is 9.64 Å². The molecule has 0 N–H and O–H groups in total. The number of hydrogen-bond acceptors (Lipinski definition) is 6. The lowest BCUT2D eigenvalue weighted by atomic mass is 10.2. The van der Waals surface area contributed by atoms with Crippen molar-refractivity contribution >= 4 is 15.8 Å². The summed E-state index contributed by atoms with van der Waals surface area (Å²) in [7, 11) is -3.32. The topological polar surface area (TPSA) is 75.6 Å². The largest absolute Gasteiger partial charge is 0.478 e. The SMILES string of the molecule is CCOc1cc(N2CCN(S(=O)(=O)Cc3ccccc3)CC2)nc(C)n1. The molecule has 26 heavy (non-hydrogen) atoms. The van der Waals surface area contributed by atoms with Gasteiger partial charge in [-0.25, -0.2) is 13.4 Å². The Morgan fingerprint density at radius 1 is 1.08 bits per heavy atom. The standard InChI is InChI=1S/C18H24N4O3S/c1-3-25-18-13-17(19-15(2)20-18)21-9-11-22(12-10-21)26(23,24)14-16-7-5-4-6-8-16/h4-8,13H,3,9-12,14H2,1-2H3. The Bertz CT molecular complexity index is 835. The van der Waals surface area contributed by atoms with Crippen LogP contribution >= 0.6 is 0 Å². The third-order valence-electron chi connectivity index (χ3n) is 4.24. The molecule has 0 aliphatic carbocycles. The highest BCUT2D eigenvalue weighted by atomic mass is 32.2. The molecule has 1 aromatic carbocycles. The predicted molar refractivity (Wildman–Crippen MR) is 101 cm³/mol. The van der Waals surface area contributed by atoms with Crippen LogP contribution in [-0.4, -0.2) is 55.5 Å². The Hall–Kier alpha value is -2.19. The van der Waals surface area contributed by atoms with E-state index in [2.05, 4.69) is 14.9 Å². The summed E-state index contributed by atoms with van der Waals surface area (Å²) in [5.41, 5.74) is 0.808. The second kappa shape index (κ2) is 8.01. The molecule has 2 heterocycles. The van der Waals surface area contributed by atoms with E-state index in [1.165, 1.54) is 0 Å². The number of anilines is 1. The average Bonchev–Trinajstić information content (AvgIpc) is 2.62. The summed E-state index contributed by atoms with van der Waals surface area (Å²) in [6.45, 7) is 6.36. The monoisotopic (exact) mass is 376 g/mol. The number of aryl methyl sites for hydroxylation is 1. The number of hydrogen-bond donors (Lipinski definition) is 0. The molecule has 0 spiro atoms. The van der Waals surface area contributed by atoms with Gasteiger partial charge in [-0.05, 0) is 19.4 Å². The van der Waals surface area contributed by atoms with Crippen molar-refractivity contribution in [1.29, 1.82) is 0 Å². The molecule has 0 radical (unpaired) electrons. The summed E-state index contributed by atoms with van der Waals surface area (Å²) in [4.78, 5) is 10.8. The Balaban J connectivity index is 1.65. The van der Waals surface area contributed by atoms with E-state index in [0.717, 1.165) is 11.4 Å². The van der Waals surface area contributed by atoms with Gasteiger partial charge >= 0.3 is 0 Å². The maximum Gasteiger partial charge on any atom is 0.218 e. The van der Waals surface area contributed by atoms with Crippen molar-refractivity contribution in [3.05, 3.63) is 47.8 Å². The lowest BCUT2D eigenvalue weighted by molar-refractivity contribution is 0.325. The quantitative estimate of drug-likeness (QED) is 0.766. The van der Waals surface area contributed by atoms with Crippen LogP contribution in [0.5, 0.6) is 5.88 Å². The summed E-state index contributed by atoms with van der Waals surface area (Å²) in [6, 6.07) is 11.1. The number of rotatable bonds is 6. The normalized spacial score (nSPS) is 15.8. The molecule has 1 saturated heterocycles. The van der Waals surface area contributed by atoms with E-state index in [0.29, 0.717) is 44.5 Å². The van der Waals surface area contributed by atoms with Gasteiger partial charge < -0.3 is 9.64 Å². The van der Waals surface area contributed by atoms with Gasteiger partial charge in [0.25, 0.3) is 0 Å². The fourth-order valence-electron chi connectivity index (χ4n) is 2.98. The molecule has 1 fully saturated rings. The van der Waals surface area contributed by atoms with Gasteiger partial charge in [0.05, 0.1) is 12.4 Å². The lowest BCUT2D eigenvalue weighted by Crippen LogP contribution is -2.49. The van der Waals surface area contributed by atoms with Crippen molar-refractivity contribution < 1.29 is 13.2 Å². The highest BCUT2D eigenvalue weighted by molar-refractivity contribution is 7.88. The van der Waals surface area contributed by atoms with Crippen molar-refractivity contribution in [3.8, 4) is 5.88 Å². The molecule has 1 aromatic heterocycles. The number of sulfonamides is 1. The molecule has 0 unspecified atom stereocenters. The molecule has 140 valence electrons. The summed E-state index contributed by atoms with van der Waals surface area (Å²) in [5, 5.41) is 0. The Morgan fingerprint density at radius 2 is 1.77 bits per heavy atom. The Kier molecular flexibility index (Phi) is 5.73. The van der Waals surface area contributed by atoms with Crippen LogP contribution in [0.2, 0.25) is 0 Å². The first kappa shape index (κ1) is 18.6. The van der Waals surface area contributed by atoms with E-state index in [1.54, 1.807) is 4.31 Å². The predicted octanol–water partition coefficient (Wildman–Crippen LogP) is 1.84. The van der Waals surface area contributed by atoms with Crippen molar-refractivity contribution in [3.63, 3.8) is 0 Å². The molecule has 7 nitrogen and oxygen atoms in total. The molecule has 8 heteroatoms. The van der Waals surface area contributed by atoms with Gasteiger partial charge in [-0.1, -0.05) is 30.3 Å². The number of piperazine rings is 1. The van der Waals surface area contributed by atoms with Crippen molar-refractivity contribution in [2.45, 2.75) is 19.6 Å². The fraction of sp³-hybridized carbons (Fsp3) is 0.444. The zero-order valence-corrected chi connectivity index (χ0v) is 15.9. The van der Waals surface area contributed by atoms with E-state index in [9.17, 15) is 8.42 Å². The zero-order chi connectivity index (χ0) is 18.6. The minimum atomic E-state index is -3.32. The fourth-order valence-corrected chi connectivity index (χ4v) is 4.50. The highest BCUT2D eigenvalue weighted by Gasteiger charge is 2.27. The lowest BCUT2D eigenvalue weighted by Gasteiger charge is -2.34. The van der Waals surface area contributed by atoms with E-state index < -0.39 is 10.0 Å². The first-order chi connectivity index (χ1) is 12.5.